The maximum absolute atomic E-state index is 13.2. The van der Waals surface area contributed by atoms with E-state index in [2.05, 4.69) is 25.2 Å². The van der Waals surface area contributed by atoms with Crippen LogP contribution in [-0.4, -0.2) is 46.1 Å². The zero-order valence-corrected chi connectivity index (χ0v) is 18.5. The molecule has 0 unspecified atom stereocenters. The van der Waals surface area contributed by atoms with Gasteiger partial charge in [-0.2, -0.15) is 0 Å². The molecule has 0 radical (unpaired) electrons. The van der Waals surface area contributed by atoms with Crippen molar-refractivity contribution < 1.29 is 9.31 Å². The number of hydrogen-bond acceptors (Lipinski definition) is 8. The molecule has 0 bridgehead atoms. The molecule has 0 saturated carbocycles. The quantitative estimate of drug-likeness (QED) is 0.345. The molecule has 5 rings (SSSR count). The van der Waals surface area contributed by atoms with Crippen LogP contribution in [-0.2, 0) is 0 Å². The van der Waals surface area contributed by atoms with E-state index in [1.54, 1.807) is 12.1 Å². The molecule has 34 heavy (non-hydrogen) atoms. The van der Waals surface area contributed by atoms with Gasteiger partial charge in [-0.3, -0.25) is 15.1 Å². The first-order chi connectivity index (χ1) is 16.5. The van der Waals surface area contributed by atoms with Crippen LogP contribution in [0.5, 0.6) is 0 Å². The van der Waals surface area contributed by atoms with Gasteiger partial charge in [0.2, 0.25) is 11.6 Å². The SMILES string of the molecule is Cc1ccc2c(Nc3ncnc(N4CCN(c5ccc(F)cc5)CC4)c3[N+](=O)[O-])cccc2n1. The van der Waals surface area contributed by atoms with Crippen molar-refractivity contribution in [1.29, 1.82) is 0 Å². The lowest BCUT2D eigenvalue weighted by Crippen LogP contribution is -2.47. The van der Waals surface area contributed by atoms with Gasteiger partial charge in [-0.1, -0.05) is 6.07 Å². The number of aromatic nitrogens is 3. The second-order valence-electron chi connectivity index (χ2n) is 8.05. The van der Waals surface area contributed by atoms with Crippen molar-refractivity contribution in [2.24, 2.45) is 0 Å². The maximum Gasteiger partial charge on any atom is 0.353 e. The monoisotopic (exact) mass is 459 g/mol. The largest absolute Gasteiger partial charge is 0.368 e. The van der Waals surface area contributed by atoms with Crippen LogP contribution in [0, 0.1) is 22.9 Å². The molecule has 0 amide bonds. The van der Waals surface area contributed by atoms with Crippen molar-refractivity contribution in [3.63, 3.8) is 0 Å². The molecule has 1 saturated heterocycles. The van der Waals surface area contributed by atoms with Crippen molar-refractivity contribution in [1.82, 2.24) is 15.0 Å². The first kappa shape index (κ1) is 21.5. The molecule has 2 aromatic carbocycles. The number of halogens is 1. The number of nitro groups is 1. The van der Waals surface area contributed by atoms with E-state index in [0.717, 1.165) is 22.3 Å². The van der Waals surface area contributed by atoms with Crippen LogP contribution in [0.4, 0.5) is 33.1 Å². The molecule has 1 aliphatic heterocycles. The van der Waals surface area contributed by atoms with E-state index in [1.165, 1.54) is 18.5 Å². The van der Waals surface area contributed by atoms with Crippen molar-refractivity contribution in [2.75, 3.05) is 41.3 Å². The Morgan fingerprint density at radius 2 is 1.71 bits per heavy atom. The molecule has 1 N–H and O–H groups in total. The van der Waals surface area contributed by atoms with E-state index in [0.29, 0.717) is 31.9 Å². The van der Waals surface area contributed by atoms with E-state index in [9.17, 15) is 14.5 Å². The van der Waals surface area contributed by atoms with Gasteiger partial charge in [0.25, 0.3) is 0 Å². The molecular weight excluding hydrogens is 437 g/mol. The number of piperazine rings is 1. The number of fused-ring (bicyclic) bond motifs is 1. The molecule has 0 spiro atoms. The summed E-state index contributed by atoms with van der Waals surface area (Å²) in [5.41, 5.74) is 3.10. The van der Waals surface area contributed by atoms with E-state index >= 15 is 0 Å². The number of benzene rings is 2. The molecule has 172 valence electrons. The number of aryl methyl sites for hydroxylation is 1. The molecule has 4 aromatic rings. The highest BCUT2D eigenvalue weighted by Gasteiger charge is 2.29. The fourth-order valence-corrected chi connectivity index (χ4v) is 4.18. The van der Waals surface area contributed by atoms with E-state index in [-0.39, 0.29) is 23.1 Å². The lowest BCUT2D eigenvalue weighted by atomic mass is 10.1. The summed E-state index contributed by atoms with van der Waals surface area (Å²) >= 11 is 0. The predicted molar refractivity (Wildman–Crippen MR) is 129 cm³/mol. The van der Waals surface area contributed by atoms with Gasteiger partial charge in [0.05, 0.1) is 10.4 Å². The summed E-state index contributed by atoms with van der Waals surface area (Å²) in [5, 5.41) is 16.1. The van der Waals surface area contributed by atoms with Gasteiger partial charge >= 0.3 is 5.69 Å². The van der Waals surface area contributed by atoms with Gasteiger partial charge in [0.1, 0.15) is 12.1 Å². The minimum absolute atomic E-state index is 0.129. The predicted octanol–water partition coefficient (Wildman–Crippen LogP) is 4.45. The van der Waals surface area contributed by atoms with Crippen molar-refractivity contribution >= 4 is 39.6 Å². The third-order valence-corrected chi connectivity index (χ3v) is 5.88. The zero-order valence-electron chi connectivity index (χ0n) is 18.5. The number of anilines is 4. The normalized spacial score (nSPS) is 13.8. The topological polar surface area (TPSA) is 100 Å². The van der Waals surface area contributed by atoms with Crippen LogP contribution >= 0.6 is 0 Å². The van der Waals surface area contributed by atoms with E-state index in [1.807, 2.05) is 42.2 Å². The Kier molecular flexibility index (Phi) is 5.62. The van der Waals surface area contributed by atoms with Gasteiger partial charge in [-0.05, 0) is 55.5 Å². The molecular formula is C24H22FN7O2. The Hall–Kier alpha value is -4.34. The number of nitrogens with one attached hydrogen (secondary N) is 1. The van der Waals surface area contributed by atoms with Crippen LogP contribution in [0.25, 0.3) is 10.9 Å². The third kappa shape index (κ3) is 4.17. The second kappa shape index (κ2) is 8.89. The fourth-order valence-electron chi connectivity index (χ4n) is 4.18. The minimum atomic E-state index is -0.447. The molecule has 1 fully saturated rings. The van der Waals surface area contributed by atoms with Crippen molar-refractivity contribution in [2.45, 2.75) is 6.92 Å². The average Bonchev–Trinajstić information content (AvgIpc) is 2.84. The average molecular weight is 459 g/mol. The Bertz CT molecular complexity index is 1360. The molecule has 2 aromatic heterocycles. The summed E-state index contributed by atoms with van der Waals surface area (Å²) in [6.07, 6.45) is 1.34. The van der Waals surface area contributed by atoms with Crippen LogP contribution in [0.2, 0.25) is 0 Å². The highest BCUT2D eigenvalue weighted by Crippen LogP contribution is 2.35. The minimum Gasteiger partial charge on any atom is -0.368 e. The number of hydrogen-bond donors (Lipinski definition) is 1. The summed E-state index contributed by atoms with van der Waals surface area (Å²) in [5.74, 6) is 0.121. The maximum atomic E-state index is 13.2. The summed E-state index contributed by atoms with van der Waals surface area (Å²) in [6.45, 7) is 4.24. The number of pyridine rings is 1. The summed E-state index contributed by atoms with van der Waals surface area (Å²) < 4.78 is 13.2. The Morgan fingerprint density at radius 1 is 0.971 bits per heavy atom. The van der Waals surface area contributed by atoms with Gasteiger partial charge in [-0.25, -0.2) is 14.4 Å². The first-order valence-corrected chi connectivity index (χ1v) is 10.9. The Labute approximate surface area is 195 Å². The molecule has 3 heterocycles. The van der Waals surface area contributed by atoms with Crippen LogP contribution < -0.4 is 15.1 Å². The van der Waals surface area contributed by atoms with Gasteiger partial charge in [0, 0.05) is 48.6 Å². The lowest BCUT2D eigenvalue weighted by Gasteiger charge is -2.36. The zero-order chi connectivity index (χ0) is 23.7. The number of nitrogens with zero attached hydrogens (tertiary/aromatic N) is 6. The summed E-state index contributed by atoms with van der Waals surface area (Å²) in [4.78, 5) is 28.6. The van der Waals surface area contributed by atoms with E-state index < -0.39 is 4.92 Å². The summed E-state index contributed by atoms with van der Waals surface area (Å²) in [6, 6.07) is 15.7. The smallest absolute Gasteiger partial charge is 0.353 e. The van der Waals surface area contributed by atoms with Crippen LogP contribution in [0.1, 0.15) is 5.69 Å². The lowest BCUT2D eigenvalue weighted by molar-refractivity contribution is -0.383. The van der Waals surface area contributed by atoms with E-state index in [4.69, 9.17) is 0 Å². The molecule has 0 atom stereocenters. The fraction of sp³-hybridized carbons (Fsp3) is 0.208. The van der Waals surface area contributed by atoms with Crippen LogP contribution in [0.3, 0.4) is 0 Å². The van der Waals surface area contributed by atoms with Crippen LogP contribution in [0.15, 0.2) is 60.9 Å². The standard InChI is InChI=1S/C24H22FN7O2/c1-16-5-10-19-20(28-16)3-2-4-21(19)29-23-22(32(33)34)24(27-15-26-23)31-13-11-30(12-14-31)18-8-6-17(25)7-9-18/h2-10,15H,11-14H2,1H3,(H,26,27,29). The Balaban J connectivity index is 1.42. The van der Waals surface area contributed by atoms with Gasteiger partial charge < -0.3 is 15.1 Å². The van der Waals surface area contributed by atoms with Crippen molar-refractivity contribution in [3.8, 4) is 0 Å². The molecule has 9 nitrogen and oxygen atoms in total. The Morgan fingerprint density at radius 3 is 2.44 bits per heavy atom. The van der Waals surface area contributed by atoms with Gasteiger partial charge in [-0.15, -0.1) is 0 Å². The third-order valence-electron chi connectivity index (χ3n) is 5.88. The highest BCUT2D eigenvalue weighted by atomic mass is 19.1. The first-order valence-electron chi connectivity index (χ1n) is 10.9. The van der Waals surface area contributed by atoms with Crippen molar-refractivity contribution in [3.05, 3.63) is 82.6 Å². The molecule has 0 aliphatic carbocycles. The van der Waals surface area contributed by atoms with Gasteiger partial charge in [0.15, 0.2) is 0 Å². The highest BCUT2D eigenvalue weighted by molar-refractivity contribution is 5.94. The molecule has 1 aliphatic rings. The summed E-state index contributed by atoms with van der Waals surface area (Å²) in [7, 11) is 0. The number of rotatable bonds is 5. The molecule has 10 heteroatoms. The second-order valence-corrected chi connectivity index (χ2v) is 8.05.